The SMILES string of the molecule is N#Cc1c(NC(=O)COC(=O)c2ccc(Cl)cc2N)sc2c1CCCCC2. The largest absolute Gasteiger partial charge is 0.452 e. The monoisotopic (exact) mass is 403 g/mol. The number of nitrogens with two attached hydrogens (primary N) is 1. The number of hydrogen-bond acceptors (Lipinski definition) is 6. The Hall–Kier alpha value is -2.56. The molecule has 6 nitrogen and oxygen atoms in total. The number of halogens is 1. The van der Waals surface area contributed by atoms with Crippen LogP contribution in [0, 0.1) is 11.3 Å². The number of carbonyl (C=O) groups is 2. The highest BCUT2D eigenvalue weighted by Crippen LogP contribution is 2.36. The third-order valence-corrected chi connectivity index (χ3v) is 5.80. The minimum atomic E-state index is -0.707. The van der Waals surface area contributed by atoms with Crippen molar-refractivity contribution in [1.82, 2.24) is 0 Å². The number of nitriles is 1. The molecule has 27 heavy (non-hydrogen) atoms. The Labute approximate surface area is 165 Å². The van der Waals surface area contributed by atoms with Crippen LogP contribution >= 0.6 is 22.9 Å². The number of anilines is 2. The highest BCUT2D eigenvalue weighted by atomic mass is 35.5. The summed E-state index contributed by atoms with van der Waals surface area (Å²) in [5.74, 6) is -1.20. The smallest absolute Gasteiger partial charge is 0.340 e. The molecule has 2 aromatic rings. The lowest BCUT2D eigenvalue weighted by Crippen LogP contribution is -2.21. The van der Waals surface area contributed by atoms with Crippen LogP contribution in [0.15, 0.2) is 18.2 Å². The molecule has 1 heterocycles. The number of rotatable bonds is 4. The molecule has 8 heteroatoms. The quantitative estimate of drug-likeness (QED) is 0.457. The average molecular weight is 404 g/mol. The van der Waals surface area contributed by atoms with Crippen LogP contribution in [0.4, 0.5) is 10.7 Å². The first-order valence-corrected chi connectivity index (χ1v) is 9.75. The second-order valence-electron chi connectivity index (χ2n) is 6.24. The lowest BCUT2D eigenvalue weighted by molar-refractivity contribution is -0.119. The molecule has 1 amide bonds. The van der Waals surface area contributed by atoms with Crippen molar-refractivity contribution >= 4 is 45.5 Å². The van der Waals surface area contributed by atoms with Crippen molar-refractivity contribution in [3.63, 3.8) is 0 Å². The summed E-state index contributed by atoms with van der Waals surface area (Å²) in [6.45, 7) is -0.464. The predicted molar refractivity (Wildman–Crippen MR) is 105 cm³/mol. The van der Waals surface area contributed by atoms with E-state index in [4.69, 9.17) is 22.1 Å². The molecule has 0 atom stereocenters. The van der Waals surface area contributed by atoms with E-state index in [0.717, 1.165) is 42.5 Å². The van der Waals surface area contributed by atoms with Crippen molar-refractivity contribution in [2.75, 3.05) is 17.7 Å². The fourth-order valence-electron chi connectivity index (χ4n) is 3.04. The van der Waals surface area contributed by atoms with E-state index >= 15 is 0 Å². The van der Waals surface area contributed by atoms with Crippen LogP contribution in [0.2, 0.25) is 5.02 Å². The van der Waals surface area contributed by atoms with Gasteiger partial charge in [0.25, 0.3) is 5.91 Å². The Morgan fingerprint density at radius 3 is 2.81 bits per heavy atom. The zero-order valence-electron chi connectivity index (χ0n) is 14.5. The molecule has 1 aromatic carbocycles. The third kappa shape index (κ3) is 4.41. The molecule has 3 N–H and O–H groups in total. The number of benzene rings is 1. The number of nitrogens with zero attached hydrogens (tertiary/aromatic N) is 1. The Morgan fingerprint density at radius 1 is 1.30 bits per heavy atom. The van der Waals surface area contributed by atoms with E-state index in [2.05, 4.69) is 11.4 Å². The fraction of sp³-hybridized carbons (Fsp3) is 0.316. The standard InChI is InChI=1S/C19H18ClN3O3S/c20-11-6-7-13(15(22)8-11)19(25)26-10-17(24)23-18-14(9-21)12-4-2-1-3-5-16(12)27-18/h6-8H,1-5,10,22H2,(H,23,24). The van der Waals surface area contributed by atoms with Gasteiger partial charge in [-0.05, 0) is 49.4 Å². The molecule has 0 unspecified atom stereocenters. The molecule has 1 aliphatic rings. The second kappa shape index (κ2) is 8.42. The highest BCUT2D eigenvalue weighted by Gasteiger charge is 2.21. The van der Waals surface area contributed by atoms with Crippen molar-refractivity contribution in [2.24, 2.45) is 0 Å². The van der Waals surface area contributed by atoms with E-state index in [1.165, 1.54) is 29.5 Å². The summed E-state index contributed by atoms with van der Waals surface area (Å²) in [7, 11) is 0. The van der Waals surface area contributed by atoms with Gasteiger partial charge in [-0.1, -0.05) is 18.0 Å². The van der Waals surface area contributed by atoms with E-state index in [-0.39, 0.29) is 11.3 Å². The number of nitrogen functional groups attached to an aromatic ring is 1. The van der Waals surface area contributed by atoms with Crippen molar-refractivity contribution in [3.8, 4) is 6.07 Å². The number of hydrogen-bond donors (Lipinski definition) is 2. The molecule has 1 aliphatic carbocycles. The van der Waals surface area contributed by atoms with Gasteiger partial charge in [-0.15, -0.1) is 11.3 Å². The van der Waals surface area contributed by atoms with Crippen LogP contribution in [0.5, 0.6) is 0 Å². The van der Waals surface area contributed by atoms with Gasteiger partial charge in [-0.3, -0.25) is 4.79 Å². The summed E-state index contributed by atoms with van der Waals surface area (Å²) in [5.41, 5.74) is 7.64. The Balaban J connectivity index is 1.64. The summed E-state index contributed by atoms with van der Waals surface area (Å²) in [5, 5.41) is 13.1. The van der Waals surface area contributed by atoms with Crippen LogP contribution < -0.4 is 11.1 Å². The number of ether oxygens (including phenoxy) is 1. The molecule has 0 radical (unpaired) electrons. The lowest BCUT2D eigenvalue weighted by Gasteiger charge is -2.08. The average Bonchev–Trinajstić information content (AvgIpc) is 2.79. The minimum Gasteiger partial charge on any atom is -0.452 e. The van der Waals surface area contributed by atoms with Crippen LogP contribution in [0.3, 0.4) is 0 Å². The number of carbonyl (C=O) groups excluding carboxylic acids is 2. The summed E-state index contributed by atoms with van der Waals surface area (Å²) in [6.07, 6.45) is 5.07. The molecular formula is C19H18ClN3O3S. The molecule has 0 saturated carbocycles. The van der Waals surface area contributed by atoms with Gasteiger partial charge in [-0.2, -0.15) is 5.26 Å². The molecule has 140 valence electrons. The molecule has 0 bridgehead atoms. The zero-order chi connectivity index (χ0) is 19.4. The summed E-state index contributed by atoms with van der Waals surface area (Å²) in [6, 6.07) is 6.61. The van der Waals surface area contributed by atoms with Gasteiger partial charge >= 0.3 is 5.97 Å². The first-order valence-electron chi connectivity index (χ1n) is 8.56. The number of esters is 1. The molecular weight excluding hydrogens is 386 g/mol. The van der Waals surface area contributed by atoms with Gasteiger partial charge in [0.2, 0.25) is 0 Å². The number of fused-ring (bicyclic) bond motifs is 1. The van der Waals surface area contributed by atoms with E-state index in [9.17, 15) is 14.9 Å². The van der Waals surface area contributed by atoms with E-state index in [0.29, 0.717) is 15.6 Å². The zero-order valence-corrected chi connectivity index (χ0v) is 16.1. The Kier molecular flexibility index (Phi) is 5.99. The third-order valence-electron chi connectivity index (χ3n) is 4.35. The lowest BCUT2D eigenvalue weighted by atomic mass is 10.1. The van der Waals surface area contributed by atoms with E-state index in [1.807, 2.05) is 0 Å². The van der Waals surface area contributed by atoms with Crippen molar-refractivity contribution < 1.29 is 14.3 Å². The van der Waals surface area contributed by atoms with E-state index < -0.39 is 18.5 Å². The van der Waals surface area contributed by atoms with Crippen LogP contribution in [-0.4, -0.2) is 18.5 Å². The second-order valence-corrected chi connectivity index (χ2v) is 7.78. The van der Waals surface area contributed by atoms with Crippen molar-refractivity contribution in [3.05, 3.63) is 44.8 Å². The number of aryl methyl sites for hydroxylation is 1. The Bertz CT molecular complexity index is 933. The normalized spacial score (nSPS) is 13.2. The van der Waals surface area contributed by atoms with Crippen molar-refractivity contribution in [1.29, 1.82) is 5.26 Å². The fourth-order valence-corrected chi connectivity index (χ4v) is 4.48. The molecule has 0 aliphatic heterocycles. The van der Waals surface area contributed by atoms with Gasteiger partial charge in [0.05, 0.1) is 11.1 Å². The van der Waals surface area contributed by atoms with Gasteiger partial charge in [0.1, 0.15) is 11.1 Å². The summed E-state index contributed by atoms with van der Waals surface area (Å²) in [4.78, 5) is 25.4. The van der Waals surface area contributed by atoms with Gasteiger partial charge in [0.15, 0.2) is 6.61 Å². The molecule has 0 fully saturated rings. The van der Waals surface area contributed by atoms with Crippen LogP contribution in [0.1, 0.15) is 45.6 Å². The van der Waals surface area contributed by atoms with E-state index in [1.54, 1.807) is 0 Å². The minimum absolute atomic E-state index is 0.146. The number of amides is 1. The first-order chi connectivity index (χ1) is 13.0. The van der Waals surface area contributed by atoms with Crippen LogP contribution in [0.25, 0.3) is 0 Å². The maximum absolute atomic E-state index is 12.2. The van der Waals surface area contributed by atoms with Crippen molar-refractivity contribution in [2.45, 2.75) is 32.1 Å². The van der Waals surface area contributed by atoms with Crippen LogP contribution in [-0.2, 0) is 22.4 Å². The maximum atomic E-state index is 12.2. The number of thiophene rings is 1. The predicted octanol–water partition coefficient (Wildman–Crippen LogP) is 3.92. The maximum Gasteiger partial charge on any atom is 0.340 e. The molecule has 1 aromatic heterocycles. The summed E-state index contributed by atoms with van der Waals surface area (Å²) < 4.78 is 5.03. The molecule has 0 spiro atoms. The Morgan fingerprint density at radius 2 is 2.07 bits per heavy atom. The highest BCUT2D eigenvalue weighted by molar-refractivity contribution is 7.16. The summed E-state index contributed by atoms with van der Waals surface area (Å²) >= 11 is 7.23. The molecule has 3 rings (SSSR count). The number of nitrogens with one attached hydrogen (secondary N) is 1. The molecule has 0 saturated heterocycles. The van der Waals surface area contributed by atoms with Gasteiger partial charge in [0, 0.05) is 15.6 Å². The van der Waals surface area contributed by atoms with Gasteiger partial charge < -0.3 is 15.8 Å². The topological polar surface area (TPSA) is 105 Å². The first kappa shape index (κ1) is 19.2. The van der Waals surface area contributed by atoms with Gasteiger partial charge in [-0.25, -0.2) is 4.79 Å².